The van der Waals surface area contributed by atoms with E-state index in [9.17, 15) is 18.0 Å². The first-order chi connectivity index (χ1) is 17.3. The number of hydrogen-bond donors (Lipinski definition) is 3. The summed E-state index contributed by atoms with van der Waals surface area (Å²) < 4.78 is 46.0. The summed E-state index contributed by atoms with van der Waals surface area (Å²) in [5.41, 5.74) is 0.213. The number of alkyl halides is 3. The number of benzene rings is 2. The highest BCUT2D eigenvalue weighted by Crippen LogP contribution is 2.36. The van der Waals surface area contributed by atoms with E-state index in [1.165, 1.54) is 18.2 Å². The molecule has 4 rings (SSSR count). The van der Waals surface area contributed by atoms with E-state index in [0.29, 0.717) is 11.5 Å². The van der Waals surface area contributed by atoms with Crippen LogP contribution in [0.15, 0.2) is 60.7 Å². The number of hydrogen-bond acceptors (Lipinski definition) is 7. The topological polar surface area (TPSA) is 118 Å². The molecular formula is C24H22F3N7O2. The predicted octanol–water partition coefficient (Wildman–Crippen LogP) is 4.80. The number of rotatable bonds is 8. The van der Waals surface area contributed by atoms with Crippen LogP contribution in [0.4, 0.5) is 29.7 Å². The monoisotopic (exact) mass is 497 g/mol. The van der Waals surface area contributed by atoms with Gasteiger partial charge < -0.3 is 15.4 Å². The molecule has 0 bridgehead atoms. The number of halogens is 3. The molecule has 0 spiro atoms. The minimum absolute atomic E-state index is 0.114. The lowest BCUT2D eigenvalue weighted by atomic mass is 10.1. The van der Waals surface area contributed by atoms with Crippen molar-refractivity contribution in [2.75, 3.05) is 11.9 Å². The van der Waals surface area contributed by atoms with Crippen molar-refractivity contribution in [3.63, 3.8) is 0 Å². The summed E-state index contributed by atoms with van der Waals surface area (Å²) in [7, 11) is 0. The Bertz CT molecular complexity index is 1330. The van der Waals surface area contributed by atoms with Gasteiger partial charge in [0.05, 0.1) is 5.56 Å². The third-order valence-corrected chi connectivity index (χ3v) is 4.95. The maximum absolute atomic E-state index is 13.6. The molecule has 3 N–H and O–H groups in total. The lowest BCUT2D eigenvalue weighted by Crippen LogP contribution is -2.26. The van der Waals surface area contributed by atoms with Crippen LogP contribution >= 0.6 is 0 Å². The highest BCUT2D eigenvalue weighted by atomic mass is 19.4. The molecule has 1 amide bonds. The molecule has 0 atom stereocenters. The number of H-pyrrole nitrogens is 1. The van der Waals surface area contributed by atoms with E-state index in [1.54, 1.807) is 13.0 Å². The number of nitrogens with zero attached hydrogens (tertiary/aromatic N) is 4. The number of aromatic nitrogens is 5. The van der Waals surface area contributed by atoms with Gasteiger partial charge in [-0.05, 0) is 18.6 Å². The zero-order valence-corrected chi connectivity index (χ0v) is 19.1. The van der Waals surface area contributed by atoms with Crippen LogP contribution in [0.2, 0.25) is 0 Å². The van der Waals surface area contributed by atoms with Gasteiger partial charge in [0.15, 0.2) is 5.82 Å². The van der Waals surface area contributed by atoms with Gasteiger partial charge in [0.25, 0.3) is 0 Å². The van der Waals surface area contributed by atoms with Crippen LogP contribution in [0.1, 0.15) is 22.6 Å². The molecule has 2 aromatic heterocycles. The Kier molecular flexibility index (Phi) is 7.42. The Labute approximate surface area is 204 Å². The van der Waals surface area contributed by atoms with Crippen molar-refractivity contribution in [1.82, 2.24) is 30.5 Å². The van der Waals surface area contributed by atoms with Crippen molar-refractivity contribution in [2.45, 2.75) is 26.1 Å². The second kappa shape index (κ2) is 10.8. The summed E-state index contributed by atoms with van der Waals surface area (Å²) in [6.45, 7) is 1.96. The van der Waals surface area contributed by atoms with Crippen molar-refractivity contribution in [1.29, 1.82) is 0 Å². The number of aromatic amines is 1. The number of alkyl carbamates (subject to hydrolysis) is 1. The molecule has 186 valence electrons. The van der Waals surface area contributed by atoms with Gasteiger partial charge in [0.2, 0.25) is 5.95 Å². The van der Waals surface area contributed by atoms with Crippen molar-refractivity contribution in [3.05, 3.63) is 83.3 Å². The Morgan fingerprint density at radius 1 is 1.03 bits per heavy atom. The van der Waals surface area contributed by atoms with E-state index in [2.05, 4.69) is 35.8 Å². The fourth-order valence-electron chi connectivity index (χ4n) is 3.32. The summed E-state index contributed by atoms with van der Waals surface area (Å²) in [5, 5.41) is 12.1. The predicted molar refractivity (Wildman–Crippen MR) is 125 cm³/mol. The zero-order chi connectivity index (χ0) is 25.5. The Hall–Kier alpha value is -4.48. The van der Waals surface area contributed by atoms with Crippen LogP contribution in [0, 0.1) is 6.92 Å². The van der Waals surface area contributed by atoms with Gasteiger partial charge in [0.1, 0.15) is 18.2 Å². The summed E-state index contributed by atoms with van der Waals surface area (Å²) in [6, 6.07) is 15.8. The molecule has 12 heteroatoms. The zero-order valence-electron chi connectivity index (χ0n) is 19.1. The fraction of sp³-hybridized carbons (Fsp3) is 0.208. The largest absolute Gasteiger partial charge is 0.445 e. The van der Waals surface area contributed by atoms with Crippen LogP contribution in [-0.2, 0) is 23.9 Å². The molecule has 0 saturated carbocycles. The average Bonchev–Trinajstić information content (AvgIpc) is 3.27. The number of aryl methyl sites for hydroxylation is 1. The minimum atomic E-state index is -4.59. The van der Waals surface area contributed by atoms with Gasteiger partial charge in [-0.25, -0.2) is 14.8 Å². The van der Waals surface area contributed by atoms with Crippen molar-refractivity contribution < 1.29 is 22.7 Å². The van der Waals surface area contributed by atoms with Crippen LogP contribution in [0.3, 0.4) is 0 Å². The van der Waals surface area contributed by atoms with E-state index >= 15 is 0 Å². The second-order valence-corrected chi connectivity index (χ2v) is 7.72. The number of anilines is 2. The van der Waals surface area contributed by atoms with E-state index in [0.717, 1.165) is 11.6 Å². The maximum atomic E-state index is 13.6. The van der Waals surface area contributed by atoms with Gasteiger partial charge in [-0.15, -0.1) is 5.10 Å². The first kappa shape index (κ1) is 24.6. The standard InChI is InChI=1S/C24H22F3N7O2/c1-15-29-22(34-33-15)32-20-13-17(11-12-28-23(35)36-14-16-7-3-2-4-8-16)30-21(31-20)18-9-5-6-10-19(18)24(25,26)27/h2-10,13H,11-12,14H2,1H3,(H,28,35)(H2,29,30,31,32,33,34). The summed E-state index contributed by atoms with van der Waals surface area (Å²) in [5.74, 6) is 0.835. The highest BCUT2D eigenvalue weighted by Gasteiger charge is 2.34. The van der Waals surface area contributed by atoms with E-state index < -0.39 is 17.8 Å². The lowest BCUT2D eigenvalue weighted by molar-refractivity contribution is -0.137. The summed E-state index contributed by atoms with van der Waals surface area (Å²) >= 11 is 0. The van der Waals surface area contributed by atoms with Crippen LogP contribution < -0.4 is 10.6 Å². The lowest BCUT2D eigenvalue weighted by Gasteiger charge is -2.14. The molecule has 0 aliphatic rings. The number of carbonyl (C=O) groups is 1. The van der Waals surface area contributed by atoms with Gasteiger partial charge in [0, 0.05) is 30.3 Å². The SMILES string of the molecule is Cc1nc(Nc2cc(CCNC(=O)OCc3ccccc3)nc(-c3ccccc3C(F)(F)F)n2)n[nH]1. The first-order valence-corrected chi connectivity index (χ1v) is 10.9. The Morgan fingerprint density at radius 3 is 2.50 bits per heavy atom. The maximum Gasteiger partial charge on any atom is 0.417 e. The molecule has 0 saturated heterocycles. The summed E-state index contributed by atoms with van der Waals surface area (Å²) in [4.78, 5) is 24.8. The average molecular weight is 497 g/mol. The van der Waals surface area contributed by atoms with Gasteiger partial charge in [-0.1, -0.05) is 48.5 Å². The van der Waals surface area contributed by atoms with Crippen LogP contribution in [0.5, 0.6) is 0 Å². The Balaban J connectivity index is 1.51. The van der Waals surface area contributed by atoms with Crippen LogP contribution in [-0.4, -0.2) is 37.8 Å². The van der Waals surface area contributed by atoms with Gasteiger partial charge in [-0.3, -0.25) is 5.10 Å². The van der Waals surface area contributed by atoms with E-state index in [1.807, 2.05) is 30.3 Å². The minimum Gasteiger partial charge on any atom is -0.445 e. The molecular weight excluding hydrogens is 475 g/mol. The normalized spacial score (nSPS) is 11.2. The molecule has 0 unspecified atom stereocenters. The number of carbonyl (C=O) groups excluding carboxylic acids is 1. The second-order valence-electron chi connectivity index (χ2n) is 7.72. The van der Waals surface area contributed by atoms with E-state index in [4.69, 9.17) is 4.74 Å². The highest BCUT2D eigenvalue weighted by molar-refractivity contribution is 5.67. The molecule has 0 fully saturated rings. The van der Waals surface area contributed by atoms with Crippen molar-refractivity contribution >= 4 is 17.9 Å². The summed E-state index contributed by atoms with van der Waals surface area (Å²) in [6.07, 6.45) is -4.99. The molecule has 2 heterocycles. The van der Waals surface area contributed by atoms with Crippen LogP contribution in [0.25, 0.3) is 11.4 Å². The fourth-order valence-corrected chi connectivity index (χ4v) is 3.32. The first-order valence-electron chi connectivity index (χ1n) is 10.9. The molecule has 9 nitrogen and oxygen atoms in total. The number of ether oxygens (including phenoxy) is 1. The quantitative estimate of drug-likeness (QED) is 0.320. The third-order valence-electron chi connectivity index (χ3n) is 4.95. The number of nitrogens with one attached hydrogen (secondary N) is 3. The molecule has 4 aromatic rings. The smallest absolute Gasteiger partial charge is 0.417 e. The molecule has 2 aromatic carbocycles. The van der Waals surface area contributed by atoms with Crippen molar-refractivity contribution in [3.8, 4) is 11.4 Å². The van der Waals surface area contributed by atoms with E-state index in [-0.39, 0.29) is 42.7 Å². The molecule has 0 radical (unpaired) electrons. The molecule has 0 aliphatic heterocycles. The molecule has 36 heavy (non-hydrogen) atoms. The Morgan fingerprint density at radius 2 is 1.78 bits per heavy atom. The third kappa shape index (κ3) is 6.56. The number of amides is 1. The van der Waals surface area contributed by atoms with Gasteiger partial charge >= 0.3 is 12.3 Å². The van der Waals surface area contributed by atoms with Gasteiger partial charge in [-0.2, -0.15) is 18.2 Å². The molecule has 0 aliphatic carbocycles. The van der Waals surface area contributed by atoms with Crippen molar-refractivity contribution in [2.24, 2.45) is 0 Å².